The first kappa shape index (κ1) is 16.3. The van der Waals surface area contributed by atoms with Gasteiger partial charge in [-0.25, -0.2) is 15.0 Å². The normalized spacial score (nSPS) is 15.5. The molecule has 3 heterocycles. The number of hydrogen-bond acceptors (Lipinski definition) is 6. The number of pyridine rings is 1. The highest BCUT2D eigenvalue weighted by Crippen LogP contribution is 2.28. The van der Waals surface area contributed by atoms with Crippen LogP contribution >= 0.6 is 0 Å². The molecule has 0 bridgehead atoms. The molecule has 0 radical (unpaired) electrons. The lowest BCUT2D eigenvalue weighted by atomic mass is 10.3. The zero-order chi connectivity index (χ0) is 17.2. The minimum atomic E-state index is -4.47. The van der Waals surface area contributed by atoms with Gasteiger partial charge in [-0.1, -0.05) is 0 Å². The van der Waals surface area contributed by atoms with Crippen LogP contribution in [0.4, 0.5) is 24.9 Å². The maximum Gasteiger partial charge on any atom is 0.433 e. The molecule has 1 saturated heterocycles. The van der Waals surface area contributed by atoms with Gasteiger partial charge < -0.3 is 14.5 Å². The second-order valence-corrected chi connectivity index (χ2v) is 5.27. The Morgan fingerprint density at radius 2 is 1.67 bits per heavy atom. The second kappa shape index (κ2) is 6.50. The van der Waals surface area contributed by atoms with Crippen molar-refractivity contribution in [2.45, 2.75) is 6.18 Å². The molecule has 24 heavy (non-hydrogen) atoms. The Morgan fingerprint density at radius 3 is 2.33 bits per heavy atom. The average molecular weight is 339 g/mol. The third kappa shape index (κ3) is 3.50. The molecule has 1 fully saturated rings. The van der Waals surface area contributed by atoms with Gasteiger partial charge in [0.1, 0.15) is 17.3 Å². The standard InChI is InChI=1S/C15H16F3N5O/c1-24-11-2-4-19-13(10-11)22-6-8-23(9-7-22)14-20-5-3-12(21-14)15(16,17)18/h2-5,10H,6-9H2,1H3. The summed E-state index contributed by atoms with van der Waals surface area (Å²) in [6, 6.07) is 4.46. The van der Waals surface area contributed by atoms with Gasteiger partial charge in [0.05, 0.1) is 7.11 Å². The van der Waals surface area contributed by atoms with Crippen molar-refractivity contribution in [1.82, 2.24) is 15.0 Å². The monoisotopic (exact) mass is 339 g/mol. The van der Waals surface area contributed by atoms with Gasteiger partial charge in [-0.2, -0.15) is 13.2 Å². The van der Waals surface area contributed by atoms with Crippen LogP contribution in [-0.2, 0) is 6.18 Å². The van der Waals surface area contributed by atoms with Crippen molar-refractivity contribution >= 4 is 11.8 Å². The van der Waals surface area contributed by atoms with Crippen molar-refractivity contribution in [3.8, 4) is 5.75 Å². The fourth-order valence-corrected chi connectivity index (χ4v) is 2.49. The van der Waals surface area contributed by atoms with E-state index in [-0.39, 0.29) is 5.95 Å². The molecule has 6 nitrogen and oxygen atoms in total. The number of alkyl halides is 3. The van der Waals surface area contributed by atoms with E-state index in [4.69, 9.17) is 4.74 Å². The Kier molecular flexibility index (Phi) is 4.41. The lowest BCUT2D eigenvalue weighted by Gasteiger charge is -2.35. The summed E-state index contributed by atoms with van der Waals surface area (Å²) in [6.07, 6.45) is -1.67. The molecular formula is C15H16F3N5O. The van der Waals surface area contributed by atoms with E-state index in [9.17, 15) is 13.2 Å². The van der Waals surface area contributed by atoms with Crippen LogP contribution in [0.3, 0.4) is 0 Å². The summed E-state index contributed by atoms with van der Waals surface area (Å²) in [5, 5.41) is 0. The molecule has 2 aromatic heterocycles. The van der Waals surface area contributed by atoms with Crippen molar-refractivity contribution in [3.05, 3.63) is 36.3 Å². The van der Waals surface area contributed by atoms with Crippen molar-refractivity contribution in [1.29, 1.82) is 0 Å². The van der Waals surface area contributed by atoms with E-state index >= 15 is 0 Å². The van der Waals surface area contributed by atoms with Gasteiger partial charge in [0.2, 0.25) is 5.95 Å². The maximum absolute atomic E-state index is 12.8. The second-order valence-electron chi connectivity index (χ2n) is 5.27. The quantitative estimate of drug-likeness (QED) is 0.855. The van der Waals surface area contributed by atoms with Crippen LogP contribution in [0, 0.1) is 0 Å². The molecule has 0 spiro atoms. The Hall–Kier alpha value is -2.58. The smallest absolute Gasteiger partial charge is 0.433 e. The van der Waals surface area contributed by atoms with Crippen LogP contribution in [0.25, 0.3) is 0 Å². The zero-order valence-electron chi connectivity index (χ0n) is 13.0. The molecule has 2 aromatic rings. The molecular weight excluding hydrogens is 323 g/mol. The number of aromatic nitrogens is 3. The van der Waals surface area contributed by atoms with E-state index < -0.39 is 11.9 Å². The molecule has 3 rings (SSSR count). The summed E-state index contributed by atoms with van der Waals surface area (Å²) in [7, 11) is 1.59. The van der Waals surface area contributed by atoms with Gasteiger partial charge in [-0.3, -0.25) is 0 Å². The molecule has 0 N–H and O–H groups in total. The van der Waals surface area contributed by atoms with Gasteiger partial charge >= 0.3 is 6.18 Å². The highest BCUT2D eigenvalue weighted by atomic mass is 19.4. The molecule has 128 valence electrons. The number of methoxy groups -OCH3 is 1. The lowest BCUT2D eigenvalue weighted by Crippen LogP contribution is -2.47. The van der Waals surface area contributed by atoms with Crippen molar-refractivity contribution < 1.29 is 17.9 Å². The molecule has 0 unspecified atom stereocenters. The zero-order valence-corrected chi connectivity index (χ0v) is 13.0. The third-order valence-corrected chi connectivity index (χ3v) is 3.77. The number of halogens is 3. The third-order valence-electron chi connectivity index (χ3n) is 3.77. The first-order valence-corrected chi connectivity index (χ1v) is 7.37. The van der Waals surface area contributed by atoms with Crippen LogP contribution in [0.1, 0.15) is 5.69 Å². The fourth-order valence-electron chi connectivity index (χ4n) is 2.49. The Balaban J connectivity index is 1.69. The van der Waals surface area contributed by atoms with E-state index in [1.54, 1.807) is 24.3 Å². The number of piperazine rings is 1. The molecule has 0 atom stereocenters. The maximum atomic E-state index is 12.8. The van der Waals surface area contributed by atoms with Crippen molar-refractivity contribution in [3.63, 3.8) is 0 Å². The largest absolute Gasteiger partial charge is 0.497 e. The van der Waals surface area contributed by atoms with E-state index in [1.165, 1.54) is 0 Å². The first-order valence-electron chi connectivity index (χ1n) is 7.37. The average Bonchev–Trinajstić information content (AvgIpc) is 2.61. The highest BCUT2D eigenvalue weighted by molar-refractivity contribution is 5.46. The number of rotatable bonds is 3. The van der Waals surface area contributed by atoms with E-state index in [2.05, 4.69) is 15.0 Å². The van der Waals surface area contributed by atoms with Gasteiger partial charge in [0.25, 0.3) is 0 Å². The van der Waals surface area contributed by atoms with Crippen LogP contribution in [0.2, 0.25) is 0 Å². The number of ether oxygens (including phenoxy) is 1. The van der Waals surface area contributed by atoms with Crippen LogP contribution in [0.5, 0.6) is 5.75 Å². The van der Waals surface area contributed by atoms with E-state index in [1.807, 2.05) is 11.0 Å². The van der Waals surface area contributed by atoms with Crippen LogP contribution < -0.4 is 14.5 Å². The minimum Gasteiger partial charge on any atom is -0.497 e. The van der Waals surface area contributed by atoms with Crippen molar-refractivity contribution in [2.75, 3.05) is 43.1 Å². The Bertz CT molecular complexity index is 702. The molecule has 0 amide bonds. The van der Waals surface area contributed by atoms with E-state index in [0.717, 1.165) is 18.1 Å². The summed E-state index contributed by atoms with van der Waals surface area (Å²) < 4.78 is 43.4. The molecule has 0 aromatic carbocycles. The molecule has 1 aliphatic heterocycles. The van der Waals surface area contributed by atoms with Crippen molar-refractivity contribution in [2.24, 2.45) is 0 Å². The van der Waals surface area contributed by atoms with Gasteiger partial charge in [-0.15, -0.1) is 0 Å². The Labute approximate surface area is 136 Å². The Morgan fingerprint density at radius 1 is 1.00 bits per heavy atom. The van der Waals surface area contributed by atoms with Gasteiger partial charge in [0, 0.05) is 44.6 Å². The number of nitrogens with zero attached hydrogens (tertiary/aromatic N) is 5. The summed E-state index contributed by atoms with van der Waals surface area (Å²) >= 11 is 0. The fraction of sp³-hybridized carbons (Fsp3) is 0.400. The summed E-state index contributed by atoms with van der Waals surface area (Å²) in [5.74, 6) is 1.59. The molecule has 1 aliphatic rings. The number of anilines is 2. The highest BCUT2D eigenvalue weighted by Gasteiger charge is 2.33. The number of hydrogen-bond donors (Lipinski definition) is 0. The van der Waals surface area contributed by atoms with Gasteiger partial charge in [0.15, 0.2) is 0 Å². The summed E-state index contributed by atoms with van der Waals surface area (Å²) in [4.78, 5) is 15.7. The molecule has 0 saturated carbocycles. The first-order chi connectivity index (χ1) is 11.5. The SMILES string of the molecule is COc1ccnc(N2CCN(c3nccc(C(F)(F)F)n3)CC2)c1. The lowest BCUT2D eigenvalue weighted by molar-refractivity contribution is -0.141. The van der Waals surface area contributed by atoms with Crippen LogP contribution in [-0.4, -0.2) is 48.2 Å². The topological polar surface area (TPSA) is 54.4 Å². The predicted octanol–water partition coefficient (Wildman–Crippen LogP) is 2.23. The summed E-state index contributed by atoms with van der Waals surface area (Å²) in [5.41, 5.74) is -0.926. The van der Waals surface area contributed by atoms with Gasteiger partial charge in [-0.05, 0) is 12.1 Å². The molecule has 0 aliphatic carbocycles. The van der Waals surface area contributed by atoms with E-state index in [0.29, 0.717) is 31.9 Å². The molecule has 9 heteroatoms. The minimum absolute atomic E-state index is 0.100. The predicted molar refractivity (Wildman–Crippen MR) is 82.2 cm³/mol. The van der Waals surface area contributed by atoms with Crippen LogP contribution in [0.15, 0.2) is 30.6 Å². The summed E-state index contributed by atoms with van der Waals surface area (Å²) in [6.45, 7) is 2.25.